The Morgan fingerprint density at radius 2 is 2.00 bits per heavy atom. The lowest BCUT2D eigenvalue weighted by molar-refractivity contribution is -0.131. The average molecular weight is 608 g/mol. The van der Waals surface area contributed by atoms with Gasteiger partial charge in [-0.3, -0.25) is 9.69 Å². The van der Waals surface area contributed by atoms with Gasteiger partial charge in [-0.25, -0.2) is 14.0 Å². The number of aromatic amines is 1. The summed E-state index contributed by atoms with van der Waals surface area (Å²) < 4.78 is 20.0. The van der Waals surface area contributed by atoms with Gasteiger partial charge in [0.2, 0.25) is 5.91 Å². The minimum Gasteiger partial charge on any atom is -0.444 e. The molecule has 2 N–H and O–H groups in total. The van der Waals surface area contributed by atoms with E-state index < -0.39 is 29.6 Å². The van der Waals surface area contributed by atoms with E-state index >= 15 is 0 Å². The summed E-state index contributed by atoms with van der Waals surface area (Å²) >= 11 is 9.49. The maximum Gasteiger partial charge on any atom is 0.408 e. The summed E-state index contributed by atoms with van der Waals surface area (Å²) in [5.41, 5.74) is 1.49. The second-order valence-corrected chi connectivity index (χ2v) is 11.4. The number of amides is 4. The number of imide groups is 1. The number of fused-ring (bicyclic) bond motifs is 1. The molecule has 38 heavy (non-hydrogen) atoms. The Hall–Kier alpha value is -3.11. The minimum absolute atomic E-state index is 0.00486. The third-order valence-electron chi connectivity index (χ3n) is 6.19. The van der Waals surface area contributed by atoms with Crippen LogP contribution in [0.3, 0.4) is 0 Å². The van der Waals surface area contributed by atoms with Crippen LogP contribution in [0.25, 0.3) is 10.9 Å². The number of carbonyl (C=O) groups is 3. The van der Waals surface area contributed by atoms with Crippen LogP contribution in [0.15, 0.2) is 47.1 Å². The van der Waals surface area contributed by atoms with Gasteiger partial charge in [0.05, 0.1) is 11.1 Å². The fourth-order valence-electron chi connectivity index (χ4n) is 4.39. The molecule has 202 valence electrons. The van der Waals surface area contributed by atoms with E-state index in [1.165, 1.54) is 17.0 Å². The number of hydrogen-bond acceptors (Lipinski definition) is 4. The molecular formula is C27H29BrClFN4O4. The maximum atomic E-state index is 13.8. The molecule has 1 aliphatic rings. The molecule has 0 saturated carbocycles. The molecule has 1 fully saturated rings. The summed E-state index contributed by atoms with van der Waals surface area (Å²) in [6, 6.07) is 9.25. The monoisotopic (exact) mass is 606 g/mol. The maximum absolute atomic E-state index is 13.8. The van der Waals surface area contributed by atoms with E-state index in [9.17, 15) is 18.8 Å². The highest BCUT2D eigenvalue weighted by Crippen LogP contribution is 2.28. The van der Waals surface area contributed by atoms with Gasteiger partial charge < -0.3 is 19.9 Å². The highest BCUT2D eigenvalue weighted by molar-refractivity contribution is 9.10. The molecule has 2 aromatic carbocycles. The molecule has 1 aromatic heterocycles. The second-order valence-electron chi connectivity index (χ2n) is 10.1. The predicted octanol–water partition coefficient (Wildman–Crippen LogP) is 6.19. The summed E-state index contributed by atoms with van der Waals surface area (Å²) in [6.07, 6.45) is 1.65. The minimum atomic E-state index is -0.689. The molecule has 3 aromatic rings. The van der Waals surface area contributed by atoms with Gasteiger partial charge in [0, 0.05) is 47.6 Å². The van der Waals surface area contributed by atoms with E-state index in [0.29, 0.717) is 11.9 Å². The molecule has 1 saturated heterocycles. The number of benzene rings is 2. The van der Waals surface area contributed by atoms with Gasteiger partial charge in [-0.1, -0.05) is 45.7 Å². The fourth-order valence-corrected chi connectivity index (χ4v) is 5.12. The largest absolute Gasteiger partial charge is 0.444 e. The molecule has 0 aliphatic carbocycles. The lowest BCUT2D eigenvalue weighted by Gasteiger charge is -2.36. The number of urea groups is 1. The Balaban J connectivity index is 1.50. The topological polar surface area (TPSA) is 94.7 Å². The van der Waals surface area contributed by atoms with E-state index in [1.54, 1.807) is 31.9 Å². The number of alkyl carbamates (subject to hydrolysis) is 1. The van der Waals surface area contributed by atoms with Crippen molar-refractivity contribution in [2.24, 2.45) is 0 Å². The van der Waals surface area contributed by atoms with Crippen LogP contribution < -0.4 is 5.32 Å². The third-order valence-corrected chi connectivity index (χ3v) is 7.20. The molecule has 2 heterocycles. The van der Waals surface area contributed by atoms with Gasteiger partial charge in [-0.2, -0.15) is 0 Å². The van der Waals surface area contributed by atoms with Gasteiger partial charge in [0.25, 0.3) is 0 Å². The smallest absolute Gasteiger partial charge is 0.408 e. The van der Waals surface area contributed by atoms with Gasteiger partial charge in [-0.05, 0) is 56.5 Å². The number of rotatable bonds is 7. The molecule has 4 amide bonds. The lowest BCUT2D eigenvalue weighted by atomic mass is 10.1. The van der Waals surface area contributed by atoms with Crippen molar-refractivity contribution >= 4 is 56.5 Å². The number of nitrogens with zero attached hydrogens (tertiary/aromatic N) is 2. The van der Waals surface area contributed by atoms with Crippen LogP contribution in [0.5, 0.6) is 0 Å². The molecule has 0 radical (unpaired) electrons. The number of hydrogen-bond donors (Lipinski definition) is 2. The van der Waals surface area contributed by atoms with E-state index in [-0.39, 0.29) is 37.0 Å². The highest BCUT2D eigenvalue weighted by atomic mass is 79.9. The van der Waals surface area contributed by atoms with Crippen molar-refractivity contribution in [2.45, 2.75) is 45.3 Å². The summed E-state index contributed by atoms with van der Waals surface area (Å²) in [7, 11) is 0. The Bertz CT molecular complexity index is 1370. The van der Waals surface area contributed by atoms with Crippen molar-refractivity contribution in [1.82, 2.24) is 20.1 Å². The third kappa shape index (κ3) is 6.47. The van der Waals surface area contributed by atoms with Crippen molar-refractivity contribution in [2.75, 3.05) is 19.6 Å². The first kappa shape index (κ1) is 27.9. The fraction of sp³-hybridized carbons (Fsp3) is 0.370. The Labute approximate surface area is 233 Å². The number of halogens is 3. The quantitative estimate of drug-likeness (QED) is 0.335. The van der Waals surface area contributed by atoms with Crippen LogP contribution in [0.1, 0.15) is 44.4 Å². The van der Waals surface area contributed by atoms with Crippen molar-refractivity contribution < 1.29 is 23.5 Å². The molecule has 0 bridgehead atoms. The summed E-state index contributed by atoms with van der Waals surface area (Å²) in [4.78, 5) is 44.6. The van der Waals surface area contributed by atoms with Crippen molar-refractivity contribution in [3.8, 4) is 0 Å². The summed E-state index contributed by atoms with van der Waals surface area (Å²) in [5, 5.41) is 3.61. The Kier molecular flexibility index (Phi) is 8.32. The zero-order valence-corrected chi connectivity index (χ0v) is 23.7. The Morgan fingerprint density at radius 3 is 2.71 bits per heavy atom. The standard InChI is InChI=1S/C27H29BrClFN4O4/c1-27(2,3)38-25(36)32-23(17-6-4-5-7-19(17)28)15-33-10-9-24(35)34(26(33)37)11-8-16-14-31-22-13-21(30)20(29)12-18(16)22/h4-7,12-14,23,31H,8-11,15H2,1-3H3,(H,32,36). The van der Waals surface area contributed by atoms with E-state index in [1.807, 2.05) is 24.3 Å². The van der Waals surface area contributed by atoms with Gasteiger partial charge in [-0.15, -0.1) is 0 Å². The van der Waals surface area contributed by atoms with Crippen LogP contribution in [-0.2, 0) is 16.0 Å². The number of H-pyrrole nitrogens is 1. The second kappa shape index (κ2) is 11.3. The zero-order valence-electron chi connectivity index (χ0n) is 21.3. The van der Waals surface area contributed by atoms with E-state index in [0.717, 1.165) is 21.0 Å². The molecule has 8 nitrogen and oxygen atoms in total. The van der Waals surface area contributed by atoms with Crippen LogP contribution in [0, 0.1) is 5.82 Å². The molecule has 1 unspecified atom stereocenters. The van der Waals surface area contributed by atoms with Crippen molar-refractivity contribution in [3.63, 3.8) is 0 Å². The molecule has 11 heteroatoms. The number of aromatic nitrogens is 1. The van der Waals surface area contributed by atoms with Crippen molar-refractivity contribution in [3.05, 3.63) is 69.0 Å². The van der Waals surface area contributed by atoms with E-state index in [4.69, 9.17) is 16.3 Å². The van der Waals surface area contributed by atoms with Crippen LogP contribution in [-0.4, -0.2) is 58.1 Å². The summed E-state index contributed by atoms with van der Waals surface area (Å²) in [5.74, 6) is -0.795. The highest BCUT2D eigenvalue weighted by Gasteiger charge is 2.34. The first-order valence-electron chi connectivity index (χ1n) is 12.2. The van der Waals surface area contributed by atoms with Crippen LogP contribution in [0.4, 0.5) is 14.0 Å². The predicted molar refractivity (Wildman–Crippen MR) is 147 cm³/mol. The molecule has 0 spiro atoms. The van der Waals surface area contributed by atoms with Crippen molar-refractivity contribution in [1.29, 1.82) is 0 Å². The number of ether oxygens (including phenoxy) is 1. The zero-order chi connectivity index (χ0) is 27.6. The number of carbonyl (C=O) groups excluding carboxylic acids is 3. The SMILES string of the molecule is CC(C)(C)OC(=O)NC(CN1CCC(=O)N(CCc2c[nH]c3cc(F)c(Cl)cc23)C1=O)c1ccccc1Br. The Morgan fingerprint density at radius 1 is 1.26 bits per heavy atom. The lowest BCUT2D eigenvalue weighted by Crippen LogP contribution is -2.54. The molecule has 4 rings (SSSR count). The van der Waals surface area contributed by atoms with Gasteiger partial charge in [0.1, 0.15) is 11.4 Å². The normalized spacial score (nSPS) is 15.2. The van der Waals surface area contributed by atoms with Gasteiger partial charge >= 0.3 is 12.1 Å². The van der Waals surface area contributed by atoms with Crippen LogP contribution >= 0.6 is 27.5 Å². The van der Waals surface area contributed by atoms with Crippen LogP contribution in [0.2, 0.25) is 5.02 Å². The van der Waals surface area contributed by atoms with E-state index in [2.05, 4.69) is 26.2 Å². The summed E-state index contributed by atoms with van der Waals surface area (Å²) in [6.45, 7) is 5.84. The first-order valence-corrected chi connectivity index (χ1v) is 13.4. The molecule has 1 atom stereocenters. The molecule has 1 aliphatic heterocycles. The molecular weight excluding hydrogens is 579 g/mol. The van der Waals surface area contributed by atoms with Gasteiger partial charge in [0.15, 0.2) is 0 Å². The first-order chi connectivity index (χ1) is 17.9. The average Bonchev–Trinajstić information content (AvgIpc) is 3.21. The number of nitrogens with one attached hydrogen (secondary N) is 2.